The predicted molar refractivity (Wildman–Crippen MR) is 201 cm³/mol. The molecule has 1 heterocycles. The maximum atomic E-state index is 9.78. The van der Waals surface area contributed by atoms with E-state index in [1.807, 2.05) is 42.5 Å². The molecule has 4 nitrogen and oxygen atoms in total. The largest absolute Gasteiger partial charge is 0.208 e. The van der Waals surface area contributed by atoms with Crippen LogP contribution in [0.3, 0.4) is 0 Å². The molecule has 0 atom stereocenters. The first-order valence-corrected chi connectivity index (χ1v) is 17.5. The summed E-state index contributed by atoms with van der Waals surface area (Å²) in [6, 6.07) is 53.1. The van der Waals surface area contributed by atoms with Crippen molar-refractivity contribution in [1.82, 2.24) is 15.0 Å². The molecule has 50 heavy (non-hydrogen) atoms. The Morgan fingerprint density at radius 2 is 0.980 bits per heavy atom. The monoisotopic (exact) mass is 642 g/mol. The van der Waals surface area contributed by atoms with Gasteiger partial charge in [-0.2, -0.15) is 5.26 Å². The average Bonchev–Trinajstić information content (AvgIpc) is 3.45. The van der Waals surface area contributed by atoms with E-state index in [1.165, 1.54) is 47.1 Å². The summed E-state index contributed by atoms with van der Waals surface area (Å²) in [5.74, 6) is 1.92. The zero-order valence-electron chi connectivity index (χ0n) is 27.7. The summed E-state index contributed by atoms with van der Waals surface area (Å²) in [6.07, 6.45) is 5.94. The fraction of sp³-hybridized carbons (Fsp3) is 0.130. The smallest absolute Gasteiger partial charge is 0.164 e. The maximum absolute atomic E-state index is 9.78. The van der Waals surface area contributed by atoms with Crippen molar-refractivity contribution >= 4 is 0 Å². The van der Waals surface area contributed by atoms with E-state index in [-0.39, 0.29) is 5.41 Å². The highest BCUT2D eigenvalue weighted by molar-refractivity contribution is 5.89. The zero-order chi connectivity index (χ0) is 33.5. The van der Waals surface area contributed by atoms with Gasteiger partial charge in [-0.25, -0.2) is 15.0 Å². The third-order valence-corrected chi connectivity index (χ3v) is 10.6. The molecule has 0 saturated heterocycles. The second kappa shape index (κ2) is 12.4. The Hall–Kier alpha value is -6.18. The van der Waals surface area contributed by atoms with E-state index in [2.05, 4.69) is 109 Å². The molecule has 1 fully saturated rings. The molecule has 2 aliphatic carbocycles. The summed E-state index contributed by atoms with van der Waals surface area (Å²) in [4.78, 5) is 15.2. The van der Waals surface area contributed by atoms with Gasteiger partial charge in [0.2, 0.25) is 0 Å². The van der Waals surface area contributed by atoms with E-state index >= 15 is 0 Å². The van der Waals surface area contributed by atoms with Gasteiger partial charge in [-0.15, -0.1) is 0 Å². The number of hydrogen-bond donors (Lipinski definition) is 0. The molecule has 4 heteroatoms. The van der Waals surface area contributed by atoms with Crippen LogP contribution < -0.4 is 0 Å². The Bertz CT molecular complexity index is 2400. The topological polar surface area (TPSA) is 62.5 Å². The Morgan fingerprint density at radius 1 is 0.420 bits per heavy atom. The SMILES string of the molecule is N#Cc1ccc2c(c1)C1(CCCCC1)c1ccc(-c3ccccc3-c3nc(-c4ccccc4)nc(-c4ccc(-c5ccccc5)cc4)n3)cc1-2. The lowest BCUT2D eigenvalue weighted by atomic mass is 9.67. The van der Waals surface area contributed by atoms with E-state index in [0.717, 1.165) is 51.8 Å². The van der Waals surface area contributed by atoms with Gasteiger partial charge in [0.05, 0.1) is 11.6 Å². The summed E-state index contributed by atoms with van der Waals surface area (Å²) < 4.78 is 0. The van der Waals surface area contributed by atoms with Crippen LogP contribution in [0.25, 0.3) is 67.5 Å². The third-order valence-electron chi connectivity index (χ3n) is 10.6. The highest BCUT2D eigenvalue weighted by Crippen LogP contribution is 2.56. The minimum absolute atomic E-state index is 0.0163. The van der Waals surface area contributed by atoms with Gasteiger partial charge in [0.15, 0.2) is 17.5 Å². The second-order valence-corrected chi connectivity index (χ2v) is 13.4. The number of aromatic nitrogens is 3. The van der Waals surface area contributed by atoms with Gasteiger partial charge in [-0.3, -0.25) is 0 Å². The average molecular weight is 643 g/mol. The second-order valence-electron chi connectivity index (χ2n) is 13.4. The van der Waals surface area contributed by atoms with Crippen molar-refractivity contribution in [3.63, 3.8) is 0 Å². The van der Waals surface area contributed by atoms with Gasteiger partial charge in [-0.05, 0) is 75.5 Å². The molecule has 6 aromatic carbocycles. The van der Waals surface area contributed by atoms with Crippen molar-refractivity contribution in [3.8, 4) is 73.6 Å². The van der Waals surface area contributed by atoms with Gasteiger partial charge < -0.3 is 0 Å². The molecule has 7 aromatic rings. The normalized spacial score (nSPS) is 14.1. The quantitative estimate of drug-likeness (QED) is 0.187. The van der Waals surface area contributed by atoms with Crippen LogP contribution >= 0.6 is 0 Å². The summed E-state index contributed by atoms with van der Waals surface area (Å²) in [5, 5.41) is 9.78. The number of benzene rings is 6. The van der Waals surface area contributed by atoms with Crippen molar-refractivity contribution in [1.29, 1.82) is 5.26 Å². The van der Waals surface area contributed by atoms with Crippen LogP contribution in [-0.4, -0.2) is 15.0 Å². The van der Waals surface area contributed by atoms with Gasteiger partial charge >= 0.3 is 0 Å². The van der Waals surface area contributed by atoms with Crippen LogP contribution in [0, 0.1) is 11.3 Å². The summed E-state index contributed by atoms with van der Waals surface area (Å²) >= 11 is 0. The lowest BCUT2D eigenvalue weighted by molar-refractivity contribution is 0.353. The standard InChI is InChI=1S/C46H34N4/c47-30-31-18-24-38-40-29-36(23-25-41(40)46(42(38)28-31)26-10-3-11-27-46)37-16-8-9-17-39(37)45-49-43(34-14-6-2-7-15-34)48-44(50-45)35-21-19-33(20-22-35)32-12-4-1-5-13-32/h1-2,4-9,12-25,28-29H,3,10-11,26-27H2. The van der Waals surface area contributed by atoms with Crippen molar-refractivity contribution in [3.05, 3.63) is 162 Å². The minimum Gasteiger partial charge on any atom is -0.208 e. The molecule has 2 aliphatic rings. The lowest BCUT2D eigenvalue weighted by Crippen LogP contribution is -2.28. The van der Waals surface area contributed by atoms with E-state index in [1.54, 1.807) is 0 Å². The molecule has 0 radical (unpaired) electrons. The molecule has 0 aliphatic heterocycles. The van der Waals surface area contributed by atoms with Crippen LogP contribution in [0.5, 0.6) is 0 Å². The van der Waals surface area contributed by atoms with Crippen LogP contribution in [0.4, 0.5) is 0 Å². The summed E-state index contributed by atoms with van der Waals surface area (Å²) in [5.41, 5.74) is 13.3. The summed E-state index contributed by atoms with van der Waals surface area (Å²) in [7, 11) is 0. The van der Waals surface area contributed by atoms with E-state index < -0.39 is 0 Å². The van der Waals surface area contributed by atoms with Gasteiger partial charge in [0, 0.05) is 22.1 Å². The lowest BCUT2D eigenvalue weighted by Gasteiger charge is -2.36. The Kier molecular flexibility index (Phi) is 7.40. The molecule has 0 unspecified atom stereocenters. The number of rotatable bonds is 5. The van der Waals surface area contributed by atoms with Gasteiger partial charge in [0.1, 0.15) is 0 Å². The number of nitrogens with zero attached hydrogens (tertiary/aromatic N) is 4. The number of nitriles is 1. The zero-order valence-corrected chi connectivity index (χ0v) is 27.7. The molecule has 0 amide bonds. The van der Waals surface area contributed by atoms with Crippen molar-refractivity contribution < 1.29 is 0 Å². The molecule has 9 rings (SSSR count). The van der Waals surface area contributed by atoms with Crippen molar-refractivity contribution in [2.24, 2.45) is 0 Å². The molecule has 1 spiro atoms. The Morgan fingerprint density at radius 3 is 1.68 bits per heavy atom. The molecular formula is C46H34N4. The predicted octanol–water partition coefficient (Wildman–Crippen LogP) is 11.3. The Labute approximate surface area is 292 Å². The van der Waals surface area contributed by atoms with Crippen LogP contribution in [0.1, 0.15) is 48.8 Å². The summed E-state index contributed by atoms with van der Waals surface area (Å²) in [6.45, 7) is 0. The fourth-order valence-corrected chi connectivity index (χ4v) is 8.15. The fourth-order valence-electron chi connectivity index (χ4n) is 8.15. The van der Waals surface area contributed by atoms with E-state index in [9.17, 15) is 5.26 Å². The highest BCUT2D eigenvalue weighted by atomic mass is 15.0. The van der Waals surface area contributed by atoms with Crippen LogP contribution in [0.2, 0.25) is 0 Å². The first kappa shape index (κ1) is 29.9. The number of hydrogen-bond acceptors (Lipinski definition) is 4. The van der Waals surface area contributed by atoms with Gasteiger partial charge in [0.25, 0.3) is 0 Å². The van der Waals surface area contributed by atoms with Crippen LogP contribution in [0.15, 0.2) is 146 Å². The van der Waals surface area contributed by atoms with E-state index in [0.29, 0.717) is 17.5 Å². The third kappa shape index (κ3) is 5.11. The Balaban J connectivity index is 1.18. The molecule has 1 aromatic heterocycles. The van der Waals surface area contributed by atoms with Crippen molar-refractivity contribution in [2.75, 3.05) is 0 Å². The first-order chi connectivity index (χ1) is 24.7. The van der Waals surface area contributed by atoms with Crippen LogP contribution in [-0.2, 0) is 5.41 Å². The minimum atomic E-state index is -0.0163. The molecule has 0 bridgehead atoms. The van der Waals surface area contributed by atoms with E-state index in [4.69, 9.17) is 15.0 Å². The first-order valence-electron chi connectivity index (χ1n) is 17.5. The molecule has 1 saturated carbocycles. The van der Waals surface area contributed by atoms with Crippen molar-refractivity contribution in [2.45, 2.75) is 37.5 Å². The number of fused-ring (bicyclic) bond motifs is 5. The molecule has 0 N–H and O–H groups in total. The molecular weight excluding hydrogens is 609 g/mol. The van der Waals surface area contributed by atoms with Gasteiger partial charge in [-0.1, -0.05) is 147 Å². The highest BCUT2D eigenvalue weighted by Gasteiger charge is 2.44. The maximum Gasteiger partial charge on any atom is 0.164 e. The molecule has 238 valence electrons.